The molecule has 0 saturated carbocycles. The van der Waals surface area contributed by atoms with Crippen LogP contribution in [0.3, 0.4) is 0 Å². The highest BCUT2D eigenvalue weighted by atomic mass is 19.4. The SMILES string of the molecule is Cc1cccc(/C(=C\c2ccc(C(F)(F)F)cc2)C(=O)O)c1. The minimum absolute atomic E-state index is 0.0310. The first-order valence-corrected chi connectivity index (χ1v) is 6.46. The smallest absolute Gasteiger partial charge is 0.416 e. The lowest BCUT2D eigenvalue weighted by molar-refractivity contribution is -0.137. The number of benzene rings is 2. The Bertz CT molecular complexity index is 713. The molecule has 0 aliphatic carbocycles. The fourth-order valence-corrected chi connectivity index (χ4v) is 2.02. The van der Waals surface area contributed by atoms with Crippen molar-refractivity contribution in [2.75, 3.05) is 0 Å². The van der Waals surface area contributed by atoms with Crippen molar-refractivity contribution in [1.82, 2.24) is 0 Å². The number of carbonyl (C=O) groups is 1. The Balaban J connectivity index is 2.41. The van der Waals surface area contributed by atoms with Gasteiger partial charge in [-0.1, -0.05) is 42.0 Å². The summed E-state index contributed by atoms with van der Waals surface area (Å²) in [5.74, 6) is -1.13. The third kappa shape index (κ3) is 3.75. The van der Waals surface area contributed by atoms with E-state index in [1.807, 2.05) is 13.0 Å². The van der Waals surface area contributed by atoms with Crippen molar-refractivity contribution in [2.24, 2.45) is 0 Å². The van der Waals surface area contributed by atoms with Crippen LogP contribution in [-0.4, -0.2) is 11.1 Å². The van der Waals surface area contributed by atoms with Crippen molar-refractivity contribution in [3.8, 4) is 0 Å². The average Bonchev–Trinajstić information content (AvgIpc) is 2.44. The Morgan fingerprint density at radius 3 is 2.23 bits per heavy atom. The second kappa shape index (κ2) is 6.05. The molecule has 2 nitrogen and oxygen atoms in total. The lowest BCUT2D eigenvalue weighted by Gasteiger charge is -2.07. The van der Waals surface area contributed by atoms with E-state index in [-0.39, 0.29) is 5.57 Å². The molecule has 0 unspecified atom stereocenters. The molecule has 0 heterocycles. The standard InChI is InChI=1S/C17H13F3O2/c1-11-3-2-4-13(9-11)15(16(21)22)10-12-5-7-14(8-6-12)17(18,19)20/h2-10H,1H3,(H,21,22)/b15-10+. The molecule has 0 aliphatic rings. The molecule has 0 aliphatic heterocycles. The number of aliphatic carboxylic acids is 1. The molecular weight excluding hydrogens is 293 g/mol. The van der Waals surface area contributed by atoms with Crippen LogP contribution in [0.4, 0.5) is 13.2 Å². The second-order valence-electron chi connectivity index (χ2n) is 4.85. The van der Waals surface area contributed by atoms with Crippen LogP contribution in [0.5, 0.6) is 0 Å². The summed E-state index contributed by atoms with van der Waals surface area (Å²) in [7, 11) is 0. The van der Waals surface area contributed by atoms with E-state index in [9.17, 15) is 23.1 Å². The van der Waals surface area contributed by atoms with Gasteiger partial charge >= 0.3 is 12.1 Å². The molecule has 0 aromatic heterocycles. The normalized spacial score (nSPS) is 12.3. The number of carboxylic acid groups (broad SMARTS) is 1. The monoisotopic (exact) mass is 306 g/mol. The molecule has 22 heavy (non-hydrogen) atoms. The predicted molar refractivity (Wildman–Crippen MR) is 78.1 cm³/mol. The predicted octanol–water partition coefficient (Wildman–Crippen LogP) is 4.64. The van der Waals surface area contributed by atoms with Crippen LogP contribution in [0.25, 0.3) is 11.6 Å². The van der Waals surface area contributed by atoms with E-state index in [1.165, 1.54) is 18.2 Å². The van der Waals surface area contributed by atoms with E-state index in [0.717, 1.165) is 17.7 Å². The molecule has 114 valence electrons. The van der Waals surface area contributed by atoms with E-state index in [4.69, 9.17) is 0 Å². The van der Waals surface area contributed by atoms with Gasteiger partial charge in [0.15, 0.2) is 0 Å². The van der Waals surface area contributed by atoms with Crippen molar-refractivity contribution in [3.63, 3.8) is 0 Å². The van der Waals surface area contributed by atoms with Crippen LogP contribution in [0.15, 0.2) is 48.5 Å². The third-order valence-electron chi connectivity index (χ3n) is 3.11. The van der Waals surface area contributed by atoms with Crippen LogP contribution in [0.2, 0.25) is 0 Å². The summed E-state index contributed by atoms with van der Waals surface area (Å²) in [5.41, 5.74) is 1.07. The number of hydrogen-bond acceptors (Lipinski definition) is 1. The van der Waals surface area contributed by atoms with Gasteiger partial charge in [0, 0.05) is 0 Å². The summed E-state index contributed by atoms with van der Waals surface area (Å²) in [5, 5.41) is 9.31. The van der Waals surface area contributed by atoms with Gasteiger partial charge in [0.25, 0.3) is 0 Å². The van der Waals surface area contributed by atoms with Gasteiger partial charge in [-0.05, 0) is 36.3 Å². The summed E-state index contributed by atoms with van der Waals surface area (Å²) in [6.07, 6.45) is -3.05. The van der Waals surface area contributed by atoms with E-state index < -0.39 is 17.7 Å². The Kier molecular flexibility index (Phi) is 4.35. The van der Waals surface area contributed by atoms with Gasteiger partial charge in [0.1, 0.15) is 0 Å². The number of halogens is 3. The second-order valence-corrected chi connectivity index (χ2v) is 4.85. The molecule has 0 spiro atoms. The van der Waals surface area contributed by atoms with E-state index in [1.54, 1.807) is 18.2 Å². The first-order valence-electron chi connectivity index (χ1n) is 6.46. The van der Waals surface area contributed by atoms with Gasteiger partial charge in [0.05, 0.1) is 11.1 Å². The van der Waals surface area contributed by atoms with Gasteiger partial charge < -0.3 is 5.11 Å². The maximum atomic E-state index is 12.5. The van der Waals surface area contributed by atoms with Crippen molar-refractivity contribution < 1.29 is 23.1 Å². The zero-order valence-corrected chi connectivity index (χ0v) is 11.7. The Labute approximate surface area is 125 Å². The molecule has 0 amide bonds. The van der Waals surface area contributed by atoms with Crippen molar-refractivity contribution in [3.05, 3.63) is 70.8 Å². The lowest BCUT2D eigenvalue weighted by Crippen LogP contribution is -2.04. The lowest BCUT2D eigenvalue weighted by atomic mass is 10.0. The fraction of sp³-hybridized carbons (Fsp3) is 0.118. The quantitative estimate of drug-likeness (QED) is 0.662. The fourth-order valence-electron chi connectivity index (χ4n) is 2.02. The molecule has 2 rings (SSSR count). The first kappa shape index (κ1) is 15.8. The maximum absolute atomic E-state index is 12.5. The van der Waals surface area contributed by atoms with Gasteiger partial charge in [-0.15, -0.1) is 0 Å². The Morgan fingerprint density at radius 1 is 1.09 bits per heavy atom. The topological polar surface area (TPSA) is 37.3 Å². The summed E-state index contributed by atoms with van der Waals surface area (Å²) < 4.78 is 37.5. The van der Waals surface area contributed by atoms with E-state index >= 15 is 0 Å². The summed E-state index contributed by atoms with van der Waals surface area (Å²) in [4.78, 5) is 11.4. The molecule has 2 aromatic carbocycles. The number of aryl methyl sites for hydroxylation is 1. The van der Waals surface area contributed by atoms with Crippen LogP contribution >= 0.6 is 0 Å². The number of rotatable bonds is 3. The molecule has 0 bridgehead atoms. The van der Waals surface area contributed by atoms with E-state index in [2.05, 4.69) is 0 Å². The Morgan fingerprint density at radius 2 is 1.73 bits per heavy atom. The van der Waals surface area contributed by atoms with Gasteiger partial charge in [-0.2, -0.15) is 13.2 Å². The zero-order chi connectivity index (χ0) is 16.3. The molecule has 0 saturated heterocycles. The third-order valence-corrected chi connectivity index (χ3v) is 3.11. The minimum atomic E-state index is -4.41. The maximum Gasteiger partial charge on any atom is 0.416 e. The highest BCUT2D eigenvalue weighted by Gasteiger charge is 2.29. The molecule has 2 aromatic rings. The molecule has 0 atom stereocenters. The largest absolute Gasteiger partial charge is 0.478 e. The van der Waals surface area contributed by atoms with Crippen LogP contribution in [-0.2, 0) is 11.0 Å². The molecule has 5 heteroatoms. The number of carboxylic acids is 1. The van der Waals surface area contributed by atoms with Crippen LogP contribution < -0.4 is 0 Å². The highest BCUT2D eigenvalue weighted by Crippen LogP contribution is 2.29. The number of alkyl halides is 3. The molecule has 0 radical (unpaired) electrons. The average molecular weight is 306 g/mol. The zero-order valence-electron chi connectivity index (χ0n) is 11.7. The van der Waals surface area contributed by atoms with E-state index in [0.29, 0.717) is 11.1 Å². The first-order chi connectivity index (χ1) is 10.3. The minimum Gasteiger partial charge on any atom is -0.478 e. The molecular formula is C17H13F3O2. The van der Waals surface area contributed by atoms with Gasteiger partial charge in [-0.3, -0.25) is 0 Å². The number of hydrogen-bond donors (Lipinski definition) is 1. The molecule has 0 fully saturated rings. The van der Waals surface area contributed by atoms with Crippen molar-refractivity contribution in [2.45, 2.75) is 13.1 Å². The summed E-state index contributed by atoms with van der Waals surface area (Å²) in [6, 6.07) is 11.3. The highest BCUT2D eigenvalue weighted by molar-refractivity contribution is 6.20. The summed E-state index contributed by atoms with van der Waals surface area (Å²) in [6.45, 7) is 1.83. The van der Waals surface area contributed by atoms with Crippen LogP contribution in [0, 0.1) is 6.92 Å². The van der Waals surface area contributed by atoms with Crippen molar-refractivity contribution >= 4 is 17.6 Å². The molecule has 1 N–H and O–H groups in total. The van der Waals surface area contributed by atoms with Crippen LogP contribution in [0.1, 0.15) is 22.3 Å². The van der Waals surface area contributed by atoms with Gasteiger partial charge in [-0.25, -0.2) is 4.79 Å². The Hall–Kier alpha value is -2.56. The van der Waals surface area contributed by atoms with Crippen molar-refractivity contribution in [1.29, 1.82) is 0 Å². The summed E-state index contributed by atoms with van der Waals surface area (Å²) >= 11 is 0. The van der Waals surface area contributed by atoms with Gasteiger partial charge in [0.2, 0.25) is 0 Å².